The van der Waals surface area contributed by atoms with Gasteiger partial charge < -0.3 is 19.5 Å². The molecule has 1 aromatic heterocycles. The Bertz CT molecular complexity index is 1140. The third-order valence-electron chi connectivity index (χ3n) is 5.27. The fraction of sp³-hybridized carbons (Fsp3) is 0.167. The highest BCUT2D eigenvalue weighted by Crippen LogP contribution is 2.43. The van der Waals surface area contributed by atoms with Crippen LogP contribution in [0.2, 0.25) is 0 Å². The van der Waals surface area contributed by atoms with Crippen molar-refractivity contribution in [3.05, 3.63) is 87.6 Å². The van der Waals surface area contributed by atoms with Gasteiger partial charge in [0, 0.05) is 17.7 Å². The van der Waals surface area contributed by atoms with Crippen LogP contribution in [0.4, 0.5) is 0 Å². The Labute approximate surface area is 184 Å². The molecule has 3 aromatic rings. The zero-order valence-electron chi connectivity index (χ0n) is 17.1. The number of methoxy groups -OCH3 is 2. The van der Waals surface area contributed by atoms with Gasteiger partial charge in [-0.05, 0) is 52.7 Å². The van der Waals surface area contributed by atoms with Gasteiger partial charge in [0.05, 0.1) is 25.8 Å². The van der Waals surface area contributed by atoms with Gasteiger partial charge >= 0.3 is 0 Å². The van der Waals surface area contributed by atoms with Gasteiger partial charge in [-0.25, -0.2) is 0 Å². The number of carbonyl (C=O) groups excluding carboxylic acids is 2. The quantitative estimate of drug-likeness (QED) is 0.353. The third-order valence-corrected chi connectivity index (χ3v) is 6.00. The van der Waals surface area contributed by atoms with E-state index in [1.165, 1.54) is 23.3 Å². The summed E-state index contributed by atoms with van der Waals surface area (Å²) in [7, 11) is 3.08. The van der Waals surface area contributed by atoms with E-state index in [0.29, 0.717) is 22.6 Å². The van der Waals surface area contributed by atoms with Crippen LogP contribution in [0.15, 0.2) is 70.9 Å². The minimum Gasteiger partial charge on any atom is -0.507 e. The second kappa shape index (κ2) is 8.65. The molecular formula is C24H21NO5S. The van der Waals surface area contributed by atoms with Gasteiger partial charge in [0.2, 0.25) is 0 Å². The van der Waals surface area contributed by atoms with Gasteiger partial charge in [-0.3, -0.25) is 9.59 Å². The second-order valence-corrected chi connectivity index (χ2v) is 7.81. The number of thiophene rings is 1. The molecule has 0 saturated carbocycles. The Balaban J connectivity index is 1.88. The molecule has 0 radical (unpaired) electrons. The summed E-state index contributed by atoms with van der Waals surface area (Å²) in [6.07, 6.45) is 0. The molecule has 1 saturated heterocycles. The molecule has 31 heavy (non-hydrogen) atoms. The zero-order valence-corrected chi connectivity index (χ0v) is 17.9. The maximum Gasteiger partial charge on any atom is 0.295 e. The molecule has 1 amide bonds. The molecule has 1 fully saturated rings. The van der Waals surface area contributed by atoms with E-state index in [4.69, 9.17) is 9.47 Å². The molecule has 0 bridgehead atoms. The summed E-state index contributed by atoms with van der Waals surface area (Å²) < 4.78 is 10.7. The van der Waals surface area contributed by atoms with E-state index in [1.54, 1.807) is 43.5 Å². The van der Waals surface area contributed by atoms with Crippen LogP contribution in [0.3, 0.4) is 0 Å². The highest BCUT2D eigenvalue weighted by molar-refractivity contribution is 7.07. The SMILES string of the molecule is COc1ccc(C(O)=C2C(=O)C(=O)N(Cc3ccsc3)C2c2ccccc2OC)cc1. The first kappa shape index (κ1) is 20.7. The molecule has 7 heteroatoms. The smallest absolute Gasteiger partial charge is 0.295 e. The van der Waals surface area contributed by atoms with E-state index in [-0.39, 0.29) is 17.9 Å². The summed E-state index contributed by atoms with van der Waals surface area (Å²) in [5, 5.41) is 15.0. The van der Waals surface area contributed by atoms with Crippen LogP contribution in [0.25, 0.3) is 5.76 Å². The molecule has 1 atom stereocenters. The first-order chi connectivity index (χ1) is 15.0. The number of carbonyl (C=O) groups is 2. The topological polar surface area (TPSA) is 76.1 Å². The summed E-state index contributed by atoms with van der Waals surface area (Å²) in [5.41, 5.74) is 2.01. The molecule has 158 valence electrons. The van der Waals surface area contributed by atoms with Gasteiger partial charge in [0.1, 0.15) is 17.3 Å². The third kappa shape index (κ3) is 3.80. The fourth-order valence-corrected chi connectivity index (χ4v) is 4.40. The summed E-state index contributed by atoms with van der Waals surface area (Å²) in [6.45, 7) is 0.246. The molecule has 2 aromatic carbocycles. The minimum absolute atomic E-state index is 0.0369. The summed E-state index contributed by atoms with van der Waals surface area (Å²) in [4.78, 5) is 27.6. The Hall–Kier alpha value is -3.58. The molecule has 2 heterocycles. The molecule has 1 N–H and O–H groups in total. The Morgan fingerprint density at radius 3 is 2.42 bits per heavy atom. The van der Waals surface area contributed by atoms with Crippen molar-refractivity contribution in [1.29, 1.82) is 0 Å². The van der Waals surface area contributed by atoms with Gasteiger partial charge in [-0.2, -0.15) is 11.3 Å². The number of ketones is 1. The number of benzene rings is 2. The zero-order chi connectivity index (χ0) is 22.0. The highest BCUT2D eigenvalue weighted by Gasteiger charge is 2.47. The maximum atomic E-state index is 13.1. The van der Waals surface area contributed by atoms with E-state index in [2.05, 4.69) is 0 Å². The summed E-state index contributed by atoms with van der Waals surface area (Å²) in [6, 6.07) is 15.0. The number of likely N-dealkylation sites (tertiary alicyclic amines) is 1. The number of amides is 1. The summed E-state index contributed by atoms with van der Waals surface area (Å²) >= 11 is 1.52. The second-order valence-electron chi connectivity index (χ2n) is 7.03. The largest absolute Gasteiger partial charge is 0.507 e. The highest BCUT2D eigenvalue weighted by atomic mass is 32.1. The lowest BCUT2D eigenvalue weighted by atomic mass is 9.94. The van der Waals surface area contributed by atoms with Gasteiger partial charge in [0.15, 0.2) is 0 Å². The molecule has 4 rings (SSSR count). The number of hydrogen-bond donors (Lipinski definition) is 1. The number of rotatable bonds is 6. The van der Waals surface area contributed by atoms with Crippen LogP contribution in [0.1, 0.15) is 22.7 Å². The lowest BCUT2D eigenvalue weighted by Crippen LogP contribution is -2.29. The van der Waals surface area contributed by atoms with Crippen molar-refractivity contribution in [1.82, 2.24) is 4.90 Å². The van der Waals surface area contributed by atoms with Crippen LogP contribution in [0.5, 0.6) is 11.5 Å². The lowest BCUT2D eigenvalue weighted by Gasteiger charge is -2.26. The number of aliphatic hydroxyl groups excluding tert-OH is 1. The van der Waals surface area contributed by atoms with Crippen LogP contribution in [-0.2, 0) is 16.1 Å². The average Bonchev–Trinajstić information content (AvgIpc) is 3.41. The van der Waals surface area contributed by atoms with Crippen molar-refractivity contribution < 1.29 is 24.2 Å². The van der Waals surface area contributed by atoms with Crippen molar-refractivity contribution in [2.45, 2.75) is 12.6 Å². The monoisotopic (exact) mass is 435 g/mol. The molecular weight excluding hydrogens is 414 g/mol. The van der Waals surface area contributed by atoms with Crippen LogP contribution in [-0.4, -0.2) is 35.9 Å². The Kier molecular flexibility index (Phi) is 5.77. The number of Topliss-reactive ketones (excluding diaryl/α,β-unsaturated/α-hetero) is 1. The predicted molar refractivity (Wildman–Crippen MR) is 118 cm³/mol. The molecule has 6 nitrogen and oxygen atoms in total. The summed E-state index contributed by atoms with van der Waals surface area (Å²) in [5.74, 6) is -0.456. The van der Waals surface area contributed by atoms with Gasteiger partial charge in [0.25, 0.3) is 11.7 Å². The first-order valence-corrected chi connectivity index (χ1v) is 10.6. The molecule has 0 spiro atoms. The van der Waals surface area contributed by atoms with Crippen LogP contribution >= 0.6 is 11.3 Å². The number of para-hydroxylation sites is 1. The van der Waals surface area contributed by atoms with E-state index < -0.39 is 17.7 Å². The van der Waals surface area contributed by atoms with Crippen molar-refractivity contribution in [3.63, 3.8) is 0 Å². The van der Waals surface area contributed by atoms with E-state index >= 15 is 0 Å². The van der Waals surface area contributed by atoms with Crippen molar-refractivity contribution in [2.24, 2.45) is 0 Å². The van der Waals surface area contributed by atoms with E-state index in [0.717, 1.165) is 5.56 Å². The number of ether oxygens (including phenoxy) is 2. The molecule has 1 aliphatic rings. The molecule has 1 unspecified atom stereocenters. The van der Waals surface area contributed by atoms with Crippen molar-refractivity contribution in [2.75, 3.05) is 14.2 Å². The normalized spacial score (nSPS) is 17.7. The molecule has 1 aliphatic heterocycles. The molecule has 0 aliphatic carbocycles. The Morgan fingerprint density at radius 1 is 1.03 bits per heavy atom. The van der Waals surface area contributed by atoms with Crippen molar-refractivity contribution >= 4 is 28.8 Å². The average molecular weight is 436 g/mol. The standard InChI is InChI=1S/C24H21NO5S/c1-29-17-9-7-16(8-10-17)22(26)20-21(18-5-3-4-6-19(18)30-2)25(24(28)23(20)27)13-15-11-12-31-14-15/h3-12,14,21,26H,13H2,1-2H3. The van der Waals surface area contributed by atoms with Crippen molar-refractivity contribution in [3.8, 4) is 11.5 Å². The fourth-order valence-electron chi connectivity index (χ4n) is 3.74. The van der Waals surface area contributed by atoms with E-state index in [9.17, 15) is 14.7 Å². The number of hydrogen-bond acceptors (Lipinski definition) is 6. The maximum absolute atomic E-state index is 13.1. The van der Waals surface area contributed by atoms with Gasteiger partial charge in [-0.15, -0.1) is 0 Å². The van der Waals surface area contributed by atoms with Crippen LogP contribution < -0.4 is 9.47 Å². The number of aliphatic hydroxyl groups is 1. The Morgan fingerprint density at radius 2 is 1.77 bits per heavy atom. The van der Waals surface area contributed by atoms with E-state index in [1.807, 2.05) is 29.0 Å². The lowest BCUT2D eigenvalue weighted by molar-refractivity contribution is -0.140. The van der Waals surface area contributed by atoms with Gasteiger partial charge in [-0.1, -0.05) is 18.2 Å². The number of nitrogens with zero attached hydrogens (tertiary/aromatic N) is 1. The minimum atomic E-state index is -0.779. The van der Waals surface area contributed by atoms with Crippen LogP contribution in [0, 0.1) is 0 Å². The first-order valence-electron chi connectivity index (χ1n) is 9.62. The predicted octanol–water partition coefficient (Wildman–Crippen LogP) is 4.39.